The lowest BCUT2D eigenvalue weighted by Crippen LogP contribution is -2.44. The first kappa shape index (κ1) is 19.5. The molecular weight excluding hydrogens is 436 g/mol. The Morgan fingerprint density at radius 3 is 2.76 bits per heavy atom. The fourth-order valence-corrected chi connectivity index (χ4v) is 3.36. The molecule has 1 amide bonds. The maximum atomic E-state index is 12.2. The Hall–Kier alpha value is -2.78. The Morgan fingerprint density at radius 1 is 1.24 bits per heavy atom. The van der Waals surface area contributed by atoms with E-state index in [0.29, 0.717) is 23.0 Å². The van der Waals surface area contributed by atoms with Gasteiger partial charge in [-0.3, -0.25) is 4.79 Å². The third kappa shape index (κ3) is 4.80. The Morgan fingerprint density at radius 2 is 2.00 bits per heavy atom. The summed E-state index contributed by atoms with van der Waals surface area (Å²) >= 11 is 3.36. The first-order chi connectivity index (χ1) is 14.1. The predicted molar refractivity (Wildman–Crippen MR) is 115 cm³/mol. The number of nitrogens with one attached hydrogen (secondary N) is 2. The predicted octanol–water partition coefficient (Wildman–Crippen LogP) is 2.52. The van der Waals surface area contributed by atoms with Gasteiger partial charge in [0.25, 0.3) is 5.91 Å². The highest BCUT2D eigenvalue weighted by Gasteiger charge is 2.16. The smallest absolute Gasteiger partial charge is 0.262 e. The van der Waals surface area contributed by atoms with Crippen molar-refractivity contribution in [2.75, 3.05) is 43.0 Å². The number of benzene rings is 1. The van der Waals surface area contributed by atoms with Gasteiger partial charge >= 0.3 is 0 Å². The van der Waals surface area contributed by atoms with E-state index in [0.717, 1.165) is 41.7 Å². The molecule has 2 aromatic heterocycles. The number of anilines is 2. The quantitative estimate of drug-likeness (QED) is 0.609. The molecule has 0 spiro atoms. The molecule has 1 aliphatic heterocycles. The molecule has 0 saturated carbocycles. The van der Waals surface area contributed by atoms with Crippen LogP contribution in [0.2, 0.25) is 0 Å². The minimum absolute atomic E-state index is 0.0862. The lowest BCUT2D eigenvalue weighted by Gasteiger charge is -2.27. The van der Waals surface area contributed by atoms with Crippen LogP contribution in [-0.2, 0) is 4.79 Å². The van der Waals surface area contributed by atoms with Crippen molar-refractivity contribution in [3.05, 3.63) is 46.7 Å². The van der Waals surface area contributed by atoms with Crippen molar-refractivity contribution >= 4 is 44.5 Å². The van der Waals surface area contributed by atoms with Gasteiger partial charge in [0.2, 0.25) is 5.95 Å². The highest BCUT2D eigenvalue weighted by molar-refractivity contribution is 9.10. The van der Waals surface area contributed by atoms with Crippen molar-refractivity contribution < 1.29 is 9.53 Å². The molecule has 29 heavy (non-hydrogen) atoms. The molecule has 0 aliphatic carbocycles. The molecule has 1 fully saturated rings. The van der Waals surface area contributed by atoms with E-state index in [2.05, 4.69) is 46.4 Å². The summed E-state index contributed by atoms with van der Waals surface area (Å²) < 4.78 is 6.45. The summed E-state index contributed by atoms with van der Waals surface area (Å²) in [6, 6.07) is 9.16. The monoisotopic (exact) mass is 456 g/mol. The second-order valence-corrected chi connectivity index (χ2v) is 7.65. The number of aryl methyl sites for hydroxylation is 1. The average molecular weight is 457 g/mol. The normalized spacial score (nSPS) is 14.1. The van der Waals surface area contributed by atoms with Gasteiger partial charge in [-0.15, -0.1) is 0 Å². The number of carbonyl (C=O) groups excluding carboxylic acids is 1. The molecule has 9 heteroatoms. The highest BCUT2D eigenvalue weighted by Crippen LogP contribution is 2.21. The van der Waals surface area contributed by atoms with Gasteiger partial charge in [0.15, 0.2) is 12.3 Å². The Kier molecular flexibility index (Phi) is 5.86. The second kappa shape index (κ2) is 8.71. The molecule has 1 saturated heterocycles. The van der Waals surface area contributed by atoms with Crippen LogP contribution in [0.3, 0.4) is 0 Å². The number of amides is 1. The molecule has 1 aromatic carbocycles. The number of ether oxygens (including phenoxy) is 1. The zero-order valence-corrected chi connectivity index (χ0v) is 17.6. The second-order valence-electron chi connectivity index (χ2n) is 6.73. The maximum Gasteiger partial charge on any atom is 0.262 e. The number of pyridine rings is 1. The van der Waals surface area contributed by atoms with Gasteiger partial charge in [0.1, 0.15) is 5.75 Å². The molecule has 4 rings (SSSR count). The number of hydrogen-bond acceptors (Lipinski definition) is 7. The van der Waals surface area contributed by atoms with Gasteiger partial charge in [-0.2, -0.15) is 4.98 Å². The van der Waals surface area contributed by atoms with Crippen LogP contribution in [0.5, 0.6) is 5.75 Å². The molecule has 2 N–H and O–H groups in total. The number of carbonyl (C=O) groups is 1. The van der Waals surface area contributed by atoms with Crippen LogP contribution in [0.1, 0.15) is 5.69 Å². The van der Waals surface area contributed by atoms with E-state index >= 15 is 0 Å². The summed E-state index contributed by atoms with van der Waals surface area (Å²) in [5, 5.41) is 6.95. The summed E-state index contributed by atoms with van der Waals surface area (Å²) in [6.45, 7) is 5.42. The molecule has 0 unspecified atom stereocenters. The Bertz CT molecular complexity index is 1020. The van der Waals surface area contributed by atoms with Crippen LogP contribution >= 0.6 is 15.9 Å². The summed E-state index contributed by atoms with van der Waals surface area (Å²) in [5.41, 5.74) is 2.04. The van der Waals surface area contributed by atoms with Gasteiger partial charge in [0.05, 0.1) is 17.6 Å². The van der Waals surface area contributed by atoms with Crippen molar-refractivity contribution in [3.8, 4) is 5.75 Å². The molecule has 0 atom stereocenters. The topological polar surface area (TPSA) is 92.3 Å². The number of piperazine rings is 1. The molecule has 0 radical (unpaired) electrons. The van der Waals surface area contributed by atoms with Gasteiger partial charge in [0, 0.05) is 36.0 Å². The number of halogens is 1. The van der Waals surface area contributed by atoms with Crippen molar-refractivity contribution in [3.63, 3.8) is 0 Å². The van der Waals surface area contributed by atoms with Crippen LogP contribution in [0.4, 0.5) is 11.6 Å². The third-order valence-electron chi connectivity index (χ3n) is 4.60. The molecule has 150 valence electrons. The molecule has 0 bridgehead atoms. The Balaban J connectivity index is 1.44. The highest BCUT2D eigenvalue weighted by atomic mass is 79.9. The summed E-state index contributed by atoms with van der Waals surface area (Å²) in [4.78, 5) is 28.0. The van der Waals surface area contributed by atoms with Crippen molar-refractivity contribution in [2.24, 2.45) is 0 Å². The fraction of sp³-hybridized carbons (Fsp3) is 0.300. The number of fused-ring (bicyclic) bond motifs is 1. The standard InChI is InChI=1S/C20H21BrN6O2/c1-13-17-10-15(25-18(28)12-29-16-4-2-14(21)3-5-16)11-23-19(17)26-20(24-13)27-8-6-22-7-9-27/h2-5,10-11,22H,6-9,12H2,1H3,(H,25,28). The van der Waals surface area contributed by atoms with Crippen LogP contribution < -0.4 is 20.3 Å². The minimum Gasteiger partial charge on any atom is -0.484 e. The van der Waals surface area contributed by atoms with E-state index in [-0.39, 0.29) is 12.5 Å². The summed E-state index contributed by atoms with van der Waals surface area (Å²) in [7, 11) is 0. The van der Waals surface area contributed by atoms with Gasteiger partial charge < -0.3 is 20.3 Å². The van der Waals surface area contributed by atoms with Crippen molar-refractivity contribution in [1.82, 2.24) is 20.3 Å². The van der Waals surface area contributed by atoms with Crippen molar-refractivity contribution in [1.29, 1.82) is 0 Å². The van der Waals surface area contributed by atoms with E-state index in [4.69, 9.17) is 4.74 Å². The molecule has 8 nitrogen and oxygen atoms in total. The first-order valence-electron chi connectivity index (χ1n) is 9.37. The Labute approximate surface area is 176 Å². The van der Waals surface area contributed by atoms with Crippen LogP contribution in [0.25, 0.3) is 11.0 Å². The maximum absolute atomic E-state index is 12.2. The van der Waals surface area contributed by atoms with E-state index in [9.17, 15) is 4.79 Å². The van der Waals surface area contributed by atoms with E-state index in [1.807, 2.05) is 25.1 Å². The van der Waals surface area contributed by atoms with Gasteiger partial charge in [-0.05, 0) is 37.3 Å². The largest absolute Gasteiger partial charge is 0.484 e. The van der Waals surface area contributed by atoms with Crippen molar-refractivity contribution in [2.45, 2.75) is 6.92 Å². The van der Waals surface area contributed by atoms with Crippen LogP contribution in [-0.4, -0.2) is 53.6 Å². The lowest BCUT2D eigenvalue weighted by atomic mass is 10.2. The number of hydrogen-bond donors (Lipinski definition) is 2. The third-order valence-corrected chi connectivity index (χ3v) is 5.13. The number of nitrogens with zero attached hydrogens (tertiary/aromatic N) is 4. The lowest BCUT2D eigenvalue weighted by molar-refractivity contribution is -0.118. The summed E-state index contributed by atoms with van der Waals surface area (Å²) in [6.07, 6.45) is 1.61. The molecule has 3 heterocycles. The average Bonchev–Trinajstić information content (AvgIpc) is 2.74. The molecule has 1 aliphatic rings. The minimum atomic E-state index is -0.259. The fourth-order valence-electron chi connectivity index (χ4n) is 3.09. The number of aromatic nitrogens is 3. The first-order valence-corrected chi connectivity index (χ1v) is 10.2. The van der Waals surface area contributed by atoms with E-state index in [1.165, 1.54) is 0 Å². The molecular formula is C20H21BrN6O2. The van der Waals surface area contributed by atoms with E-state index < -0.39 is 0 Å². The van der Waals surface area contributed by atoms with Crippen LogP contribution in [0.15, 0.2) is 41.0 Å². The zero-order valence-electron chi connectivity index (χ0n) is 16.0. The van der Waals surface area contributed by atoms with Gasteiger partial charge in [-0.1, -0.05) is 15.9 Å². The van der Waals surface area contributed by atoms with E-state index in [1.54, 1.807) is 18.3 Å². The molecule has 3 aromatic rings. The summed E-state index contributed by atoms with van der Waals surface area (Å²) in [5.74, 6) is 1.07. The SMILES string of the molecule is Cc1nc(N2CCNCC2)nc2ncc(NC(=O)COc3ccc(Br)cc3)cc12. The number of rotatable bonds is 5. The van der Waals surface area contributed by atoms with Crippen LogP contribution in [0, 0.1) is 6.92 Å². The zero-order chi connectivity index (χ0) is 20.2. The van der Waals surface area contributed by atoms with Gasteiger partial charge in [-0.25, -0.2) is 9.97 Å².